The molecule has 0 atom stereocenters. The molecule has 1 spiro atoms. The summed E-state index contributed by atoms with van der Waals surface area (Å²) < 4.78 is 17.7. The van der Waals surface area contributed by atoms with Crippen LogP contribution >= 0.6 is 0 Å². The number of piperidine rings is 2. The van der Waals surface area contributed by atoms with Crippen molar-refractivity contribution in [2.24, 2.45) is 5.92 Å². The molecule has 12 heteroatoms. The molecule has 56 heavy (non-hydrogen) atoms. The van der Waals surface area contributed by atoms with E-state index in [0.29, 0.717) is 66.7 Å². The van der Waals surface area contributed by atoms with E-state index in [-0.39, 0.29) is 41.4 Å². The molecular formula is C44H55FN8O3. The lowest BCUT2D eigenvalue weighted by atomic mass is 9.73. The summed E-state index contributed by atoms with van der Waals surface area (Å²) in [7, 11) is 0. The number of nitrogens with one attached hydrogen (secondary N) is 2. The van der Waals surface area contributed by atoms with Crippen molar-refractivity contribution in [1.29, 1.82) is 0 Å². The average molecular weight is 763 g/mol. The molecule has 3 fully saturated rings. The quantitative estimate of drug-likeness (QED) is 0.182. The normalized spacial score (nSPS) is 20.9. The summed E-state index contributed by atoms with van der Waals surface area (Å²) in [4.78, 5) is 56.7. The van der Waals surface area contributed by atoms with Crippen LogP contribution in [0.3, 0.4) is 0 Å². The number of amides is 3. The highest BCUT2D eigenvalue weighted by Gasteiger charge is 2.55. The maximum Gasteiger partial charge on any atom is 0.251 e. The molecule has 296 valence electrons. The fraction of sp³-hybridized carbons (Fsp3) is 0.523. The number of nitrogens with zero attached hydrogens (tertiary/aromatic N) is 6. The largest absolute Gasteiger partial charge is 0.352 e. The molecule has 4 aromatic rings. The number of hydrogen-bond donors (Lipinski definition) is 2. The maximum absolute atomic E-state index is 15.7. The van der Waals surface area contributed by atoms with Gasteiger partial charge in [0.15, 0.2) is 5.82 Å². The second-order valence-corrected chi connectivity index (χ2v) is 17.2. The highest BCUT2D eigenvalue weighted by atomic mass is 19.1. The lowest BCUT2D eigenvalue weighted by molar-refractivity contribution is -0.134. The van der Waals surface area contributed by atoms with Crippen molar-refractivity contribution in [3.05, 3.63) is 65.2 Å². The fourth-order valence-corrected chi connectivity index (χ4v) is 9.37. The molecule has 0 radical (unpaired) electrons. The van der Waals surface area contributed by atoms with Gasteiger partial charge in [0.05, 0.1) is 28.6 Å². The predicted octanol–water partition coefficient (Wildman–Crippen LogP) is 7.50. The van der Waals surface area contributed by atoms with Gasteiger partial charge in [0, 0.05) is 61.5 Å². The van der Waals surface area contributed by atoms with Crippen molar-refractivity contribution in [2.45, 2.75) is 110 Å². The third-order valence-corrected chi connectivity index (χ3v) is 12.7. The number of rotatable bonds is 9. The van der Waals surface area contributed by atoms with Crippen molar-refractivity contribution in [3.63, 3.8) is 0 Å². The Morgan fingerprint density at radius 2 is 1.70 bits per heavy atom. The highest BCUT2D eigenvalue weighted by molar-refractivity contribution is 6.09. The van der Waals surface area contributed by atoms with Crippen molar-refractivity contribution < 1.29 is 18.8 Å². The highest BCUT2D eigenvalue weighted by Crippen LogP contribution is 2.52. The number of carbonyl (C=O) groups is 3. The first-order valence-corrected chi connectivity index (χ1v) is 20.6. The predicted molar refractivity (Wildman–Crippen MR) is 218 cm³/mol. The minimum atomic E-state index is -0.668. The average Bonchev–Trinajstić information content (AvgIpc) is 3.69. The van der Waals surface area contributed by atoms with Crippen molar-refractivity contribution in [1.82, 2.24) is 29.7 Å². The zero-order valence-corrected chi connectivity index (χ0v) is 33.6. The molecule has 2 saturated heterocycles. The van der Waals surface area contributed by atoms with Gasteiger partial charge in [0.25, 0.3) is 5.91 Å². The molecule has 11 nitrogen and oxygen atoms in total. The summed E-state index contributed by atoms with van der Waals surface area (Å²) in [5.74, 6) is 0.144. The Labute approximate surface area is 329 Å². The van der Waals surface area contributed by atoms with E-state index in [1.807, 2.05) is 35.4 Å². The number of aromatic nitrogens is 3. The Balaban J connectivity index is 1.18. The Kier molecular flexibility index (Phi) is 10.1. The van der Waals surface area contributed by atoms with E-state index in [1.54, 1.807) is 26.2 Å². The van der Waals surface area contributed by atoms with E-state index in [9.17, 15) is 14.4 Å². The first kappa shape index (κ1) is 38.1. The lowest BCUT2D eigenvalue weighted by Gasteiger charge is -2.48. The third kappa shape index (κ3) is 6.73. The van der Waals surface area contributed by atoms with E-state index in [4.69, 9.17) is 9.97 Å². The first-order chi connectivity index (χ1) is 26.8. The van der Waals surface area contributed by atoms with Gasteiger partial charge in [0.1, 0.15) is 11.3 Å². The second kappa shape index (κ2) is 14.9. The number of benzene rings is 2. The van der Waals surface area contributed by atoms with Crippen LogP contribution < -0.4 is 15.5 Å². The number of hydrogen-bond acceptors (Lipinski definition) is 7. The van der Waals surface area contributed by atoms with Gasteiger partial charge in [-0.1, -0.05) is 32.4 Å². The first-order valence-electron chi connectivity index (χ1n) is 20.6. The van der Waals surface area contributed by atoms with Crippen LogP contribution in [0.2, 0.25) is 0 Å². The van der Waals surface area contributed by atoms with Gasteiger partial charge in [-0.25, -0.2) is 14.4 Å². The zero-order chi connectivity index (χ0) is 39.5. The van der Waals surface area contributed by atoms with Crippen LogP contribution in [0.25, 0.3) is 22.3 Å². The number of pyridine rings is 1. The molecule has 5 heterocycles. The van der Waals surface area contributed by atoms with E-state index in [1.165, 1.54) is 25.3 Å². The number of likely N-dealkylation sites (tertiary alicyclic amines) is 2. The van der Waals surface area contributed by atoms with Crippen LogP contribution in [0.4, 0.5) is 21.6 Å². The Hall–Kier alpha value is -4.84. The van der Waals surface area contributed by atoms with Crippen molar-refractivity contribution in [2.75, 3.05) is 42.9 Å². The molecule has 2 N–H and O–H groups in total. The Morgan fingerprint density at radius 1 is 0.964 bits per heavy atom. The molecule has 0 unspecified atom stereocenters. The Morgan fingerprint density at radius 3 is 2.38 bits per heavy atom. The molecule has 3 amide bonds. The van der Waals surface area contributed by atoms with Crippen LogP contribution in [-0.2, 0) is 15.0 Å². The number of halogens is 1. The lowest BCUT2D eigenvalue weighted by Crippen LogP contribution is -2.58. The van der Waals surface area contributed by atoms with Crippen LogP contribution in [-0.4, -0.2) is 86.9 Å². The van der Waals surface area contributed by atoms with E-state index >= 15 is 4.39 Å². The molecule has 1 saturated carbocycles. The minimum Gasteiger partial charge on any atom is -0.352 e. The van der Waals surface area contributed by atoms with Gasteiger partial charge >= 0.3 is 0 Å². The fourth-order valence-electron chi connectivity index (χ4n) is 9.37. The van der Waals surface area contributed by atoms with Crippen LogP contribution in [0.1, 0.15) is 107 Å². The van der Waals surface area contributed by atoms with Crippen LogP contribution in [0.15, 0.2) is 42.7 Å². The van der Waals surface area contributed by atoms with Gasteiger partial charge in [0.2, 0.25) is 11.8 Å². The number of carbonyl (C=O) groups excluding carboxylic acids is 3. The maximum atomic E-state index is 15.7. The van der Waals surface area contributed by atoms with E-state index in [2.05, 4.69) is 46.4 Å². The van der Waals surface area contributed by atoms with Crippen molar-refractivity contribution in [3.8, 4) is 11.3 Å². The summed E-state index contributed by atoms with van der Waals surface area (Å²) in [6, 6.07) is 11.8. The van der Waals surface area contributed by atoms with Gasteiger partial charge in [-0.05, 0) is 114 Å². The summed E-state index contributed by atoms with van der Waals surface area (Å²) in [6.45, 7) is 15.4. The standard InChI is InChI=1S/C44H55FN8O3/c1-26(2)24-46-42(55)33-22-37(35(45)18-28(33)5)49-41-40-38(47-25-52(40)27(3)4)23-36(48-41)30-10-11-34-39(19-30)53(32-20-31(21-32)51-14-8-7-9-15-51)43(56)44(34)12-16-50(17-13-44)29(6)54/h10-11,18-19,22-23,25-27,31-32H,7-9,12-17,20-21,24H2,1-6H3,(H,46,55)(H,48,49)/t31-,32+. The SMILES string of the molecule is CC(=O)N1CCC2(CC1)C(=O)N([C@H]1C[C@@H](N3CCCCC3)C1)c1cc(-c3cc4ncn(C(C)C)c4c(Nc4cc(C(=O)NCC(C)C)c(C)cc4F)n3)ccc12. The third-order valence-electron chi connectivity index (χ3n) is 12.7. The topological polar surface area (TPSA) is 116 Å². The number of imidazole rings is 1. The summed E-state index contributed by atoms with van der Waals surface area (Å²) >= 11 is 0. The Bertz CT molecular complexity index is 2180. The molecule has 4 aliphatic rings. The van der Waals surface area contributed by atoms with Gasteiger partial charge in [-0.2, -0.15) is 0 Å². The van der Waals surface area contributed by atoms with E-state index in [0.717, 1.165) is 48.3 Å². The minimum absolute atomic E-state index is 0.0445. The molecule has 8 rings (SSSR count). The van der Waals surface area contributed by atoms with Gasteiger partial charge in [-0.15, -0.1) is 0 Å². The van der Waals surface area contributed by atoms with Crippen LogP contribution in [0.5, 0.6) is 0 Å². The van der Waals surface area contributed by atoms with Crippen LogP contribution in [0, 0.1) is 18.7 Å². The van der Waals surface area contributed by atoms with Crippen molar-refractivity contribution >= 4 is 45.9 Å². The number of fused-ring (bicyclic) bond motifs is 3. The van der Waals surface area contributed by atoms with E-state index < -0.39 is 11.2 Å². The second-order valence-electron chi connectivity index (χ2n) is 17.2. The zero-order valence-electron chi connectivity index (χ0n) is 33.6. The molecule has 1 aliphatic carbocycles. The molecule has 2 aromatic heterocycles. The number of aryl methyl sites for hydroxylation is 1. The number of anilines is 3. The molecule has 0 bridgehead atoms. The van der Waals surface area contributed by atoms with Gasteiger partial charge < -0.3 is 29.9 Å². The molecular weight excluding hydrogens is 708 g/mol. The monoisotopic (exact) mass is 762 g/mol. The summed E-state index contributed by atoms with van der Waals surface area (Å²) in [6.07, 6.45) is 8.64. The summed E-state index contributed by atoms with van der Waals surface area (Å²) in [5, 5.41) is 6.22. The summed E-state index contributed by atoms with van der Waals surface area (Å²) in [5.41, 5.74) is 5.26. The van der Waals surface area contributed by atoms with Gasteiger partial charge in [-0.3, -0.25) is 14.4 Å². The molecule has 2 aromatic carbocycles. The molecule has 3 aliphatic heterocycles. The smallest absolute Gasteiger partial charge is 0.251 e.